The summed E-state index contributed by atoms with van der Waals surface area (Å²) >= 11 is 3.40. The van der Waals surface area contributed by atoms with Gasteiger partial charge in [-0.05, 0) is 42.8 Å². The van der Waals surface area contributed by atoms with E-state index >= 15 is 0 Å². The topological polar surface area (TPSA) is 71.8 Å². The van der Waals surface area contributed by atoms with Gasteiger partial charge in [0.1, 0.15) is 17.8 Å². The molecule has 0 saturated carbocycles. The van der Waals surface area contributed by atoms with Crippen molar-refractivity contribution < 1.29 is 4.84 Å². The van der Waals surface area contributed by atoms with Crippen LogP contribution in [0.15, 0.2) is 56.8 Å². The molecule has 1 atom stereocenters. The summed E-state index contributed by atoms with van der Waals surface area (Å²) in [5.41, 5.74) is 5.46. The Morgan fingerprint density at radius 1 is 1.25 bits per heavy atom. The number of hydrogen-bond acceptors (Lipinski definition) is 5. The quantitative estimate of drug-likeness (QED) is 0.674. The van der Waals surface area contributed by atoms with Crippen LogP contribution in [0.5, 0.6) is 0 Å². The lowest BCUT2D eigenvalue weighted by Gasteiger charge is -2.14. The van der Waals surface area contributed by atoms with Crippen LogP contribution in [0.25, 0.3) is 10.9 Å². The number of rotatable bonds is 3. The molecule has 0 bridgehead atoms. The molecule has 0 spiro atoms. The predicted octanol–water partition coefficient (Wildman–Crippen LogP) is 3.36. The van der Waals surface area contributed by atoms with E-state index in [0.717, 1.165) is 15.7 Å². The van der Waals surface area contributed by atoms with Gasteiger partial charge in [0.2, 0.25) is 0 Å². The van der Waals surface area contributed by atoms with Gasteiger partial charge in [-0.15, -0.1) is 5.10 Å². The second-order valence-corrected chi connectivity index (χ2v) is 7.80. The van der Waals surface area contributed by atoms with Gasteiger partial charge in [-0.25, -0.2) is 4.98 Å². The molecule has 28 heavy (non-hydrogen) atoms. The molecule has 1 aliphatic rings. The highest BCUT2D eigenvalue weighted by molar-refractivity contribution is 9.10. The van der Waals surface area contributed by atoms with E-state index in [-0.39, 0.29) is 11.7 Å². The highest BCUT2D eigenvalue weighted by Gasteiger charge is 2.24. The van der Waals surface area contributed by atoms with Crippen molar-refractivity contribution in [1.82, 2.24) is 15.1 Å². The van der Waals surface area contributed by atoms with E-state index in [1.165, 1.54) is 4.68 Å². The number of aromatic nitrogens is 2. The van der Waals surface area contributed by atoms with Crippen LogP contribution >= 0.6 is 15.9 Å². The fourth-order valence-electron chi connectivity index (χ4n) is 3.13. The average molecular weight is 442 g/mol. The number of aryl methyl sites for hydroxylation is 1. The number of nitrogens with zero attached hydrogens (tertiary/aromatic N) is 4. The first-order valence-corrected chi connectivity index (χ1v) is 9.67. The number of hydrogen-bond donors (Lipinski definition) is 1. The maximum atomic E-state index is 12.9. The van der Waals surface area contributed by atoms with E-state index in [9.17, 15) is 4.79 Å². The average Bonchev–Trinajstić information content (AvgIpc) is 3.14. The second kappa shape index (κ2) is 7.37. The first-order chi connectivity index (χ1) is 13.4. The van der Waals surface area contributed by atoms with Crippen molar-refractivity contribution in [2.75, 3.05) is 19.0 Å². The van der Waals surface area contributed by atoms with Crippen molar-refractivity contribution >= 4 is 38.4 Å². The molecule has 7 nitrogen and oxygen atoms in total. The van der Waals surface area contributed by atoms with E-state index < -0.39 is 0 Å². The predicted molar refractivity (Wildman–Crippen MR) is 114 cm³/mol. The van der Waals surface area contributed by atoms with Gasteiger partial charge >= 0.3 is 0 Å². The van der Waals surface area contributed by atoms with Gasteiger partial charge in [-0.2, -0.15) is 4.68 Å². The van der Waals surface area contributed by atoms with Crippen LogP contribution in [0.2, 0.25) is 0 Å². The third-order valence-corrected chi connectivity index (χ3v) is 5.16. The van der Waals surface area contributed by atoms with Crippen LogP contribution in [0.3, 0.4) is 0 Å². The van der Waals surface area contributed by atoms with Crippen molar-refractivity contribution in [2.24, 2.45) is 5.10 Å². The third kappa shape index (κ3) is 3.53. The zero-order valence-electron chi connectivity index (χ0n) is 15.8. The van der Waals surface area contributed by atoms with Crippen molar-refractivity contribution in [3.63, 3.8) is 0 Å². The molecule has 0 aliphatic carbocycles. The lowest BCUT2D eigenvalue weighted by Crippen LogP contribution is -2.24. The Balaban J connectivity index is 1.63. The third-order valence-electron chi connectivity index (χ3n) is 4.67. The van der Waals surface area contributed by atoms with Crippen LogP contribution in [0.4, 0.5) is 5.69 Å². The van der Waals surface area contributed by atoms with Gasteiger partial charge in [-0.1, -0.05) is 28.1 Å². The molecule has 144 valence electrons. The molecule has 1 N–H and O–H groups in total. The zero-order chi connectivity index (χ0) is 19.8. The first-order valence-electron chi connectivity index (χ1n) is 8.88. The SMILES string of the molecule is Cc1nc2ccc(Br)cc2c(=O)n1/N=C1/CC(c2ccc(N(C)C)cc2)ON1. The summed E-state index contributed by atoms with van der Waals surface area (Å²) in [6.07, 6.45) is 0.387. The Kier molecular flexibility index (Phi) is 4.91. The summed E-state index contributed by atoms with van der Waals surface area (Å²) in [5, 5.41) is 4.97. The molecule has 4 rings (SSSR count). The second-order valence-electron chi connectivity index (χ2n) is 6.88. The standard InChI is InChI=1S/C20H20BrN5O2/c1-12-22-17-9-6-14(21)10-16(17)20(27)26(12)23-19-11-18(28-24-19)13-4-7-15(8-5-13)25(2)3/h4-10,18H,11H2,1-3H3,(H,23,24). The van der Waals surface area contributed by atoms with Crippen molar-refractivity contribution in [3.05, 3.63) is 68.7 Å². The van der Waals surface area contributed by atoms with Crippen molar-refractivity contribution in [3.8, 4) is 0 Å². The maximum absolute atomic E-state index is 12.9. The minimum absolute atomic E-state index is 0.159. The number of amidine groups is 1. The molecule has 1 aliphatic heterocycles. The fraction of sp³-hybridized carbons (Fsp3) is 0.250. The van der Waals surface area contributed by atoms with Crippen LogP contribution in [0.1, 0.15) is 23.9 Å². The first kappa shape index (κ1) is 18.6. The molecule has 1 saturated heterocycles. The van der Waals surface area contributed by atoms with E-state index in [4.69, 9.17) is 4.84 Å². The Labute approximate surface area is 170 Å². The van der Waals surface area contributed by atoms with Gasteiger partial charge in [-0.3, -0.25) is 15.1 Å². The Bertz CT molecular complexity index is 1120. The minimum atomic E-state index is -0.211. The van der Waals surface area contributed by atoms with Gasteiger partial charge < -0.3 is 4.90 Å². The molecule has 2 aromatic carbocycles. The fourth-order valence-corrected chi connectivity index (χ4v) is 3.49. The van der Waals surface area contributed by atoms with E-state index in [0.29, 0.717) is 29.0 Å². The number of benzene rings is 2. The molecule has 1 aromatic heterocycles. The normalized spacial score (nSPS) is 17.9. The lowest BCUT2D eigenvalue weighted by molar-refractivity contribution is 0.0448. The molecule has 8 heteroatoms. The van der Waals surface area contributed by atoms with E-state index in [1.807, 2.05) is 55.4 Å². The number of anilines is 1. The Hall–Kier alpha value is -2.71. The molecule has 3 aromatic rings. The van der Waals surface area contributed by atoms with Crippen LogP contribution in [0, 0.1) is 6.92 Å². The molecular weight excluding hydrogens is 422 g/mol. The number of halogens is 1. The van der Waals surface area contributed by atoms with Gasteiger partial charge in [0.25, 0.3) is 5.56 Å². The molecular formula is C20H20BrN5O2. The van der Waals surface area contributed by atoms with Crippen LogP contribution in [-0.4, -0.2) is 29.6 Å². The number of fused-ring (bicyclic) bond motifs is 1. The summed E-state index contributed by atoms with van der Waals surface area (Å²) < 4.78 is 2.14. The molecule has 0 radical (unpaired) electrons. The molecule has 2 heterocycles. The van der Waals surface area contributed by atoms with E-state index in [1.54, 1.807) is 13.0 Å². The van der Waals surface area contributed by atoms with Gasteiger partial charge in [0.05, 0.1) is 10.9 Å². The number of hydroxylamine groups is 1. The van der Waals surface area contributed by atoms with Crippen LogP contribution < -0.4 is 15.9 Å². The smallest absolute Gasteiger partial charge is 0.282 e. The Morgan fingerprint density at radius 3 is 2.71 bits per heavy atom. The zero-order valence-corrected chi connectivity index (χ0v) is 17.4. The van der Waals surface area contributed by atoms with E-state index in [2.05, 4.69) is 31.5 Å². The van der Waals surface area contributed by atoms with Gasteiger partial charge in [0, 0.05) is 30.7 Å². The summed E-state index contributed by atoms with van der Waals surface area (Å²) in [6, 6.07) is 13.6. The molecule has 1 unspecified atom stereocenters. The summed E-state index contributed by atoms with van der Waals surface area (Å²) in [6.45, 7) is 1.76. The summed E-state index contributed by atoms with van der Waals surface area (Å²) in [7, 11) is 4.01. The summed E-state index contributed by atoms with van der Waals surface area (Å²) in [4.78, 5) is 25.1. The lowest BCUT2D eigenvalue weighted by atomic mass is 10.1. The Morgan fingerprint density at radius 2 is 2.00 bits per heavy atom. The summed E-state index contributed by atoms with van der Waals surface area (Å²) in [5.74, 6) is 1.11. The highest BCUT2D eigenvalue weighted by Crippen LogP contribution is 2.26. The number of nitrogens with one attached hydrogen (secondary N) is 1. The van der Waals surface area contributed by atoms with Gasteiger partial charge in [0.15, 0.2) is 0 Å². The monoisotopic (exact) mass is 441 g/mol. The highest BCUT2D eigenvalue weighted by atomic mass is 79.9. The molecule has 0 amide bonds. The molecule has 1 fully saturated rings. The van der Waals surface area contributed by atoms with Crippen LogP contribution in [-0.2, 0) is 4.84 Å². The largest absolute Gasteiger partial charge is 0.378 e. The van der Waals surface area contributed by atoms with Crippen molar-refractivity contribution in [1.29, 1.82) is 0 Å². The van der Waals surface area contributed by atoms with Crippen molar-refractivity contribution in [2.45, 2.75) is 19.4 Å². The maximum Gasteiger partial charge on any atom is 0.282 e. The minimum Gasteiger partial charge on any atom is -0.378 e.